The third-order valence-electron chi connectivity index (χ3n) is 0.213. The van der Waals surface area contributed by atoms with E-state index in [1.54, 1.807) is 0 Å². The van der Waals surface area contributed by atoms with E-state index in [1.165, 1.54) is 0 Å². The van der Waals surface area contributed by atoms with E-state index >= 15 is 0 Å². The fraction of sp³-hybridized carbons (Fsp3) is 0. The molecule has 0 rings (SSSR count). The molecule has 10 heteroatoms. The van der Waals surface area contributed by atoms with Crippen LogP contribution in [0.2, 0.25) is 0 Å². The van der Waals surface area contributed by atoms with Crippen molar-refractivity contribution in [3.05, 3.63) is 0 Å². The smallest absolute Gasteiger partial charge is 0.302 e. The number of hydrogen-bond acceptors (Lipinski definition) is 3. The minimum absolute atomic E-state index is 0. The topological polar surface area (TPSA) is 124 Å². The molecule has 0 aliphatic rings. The predicted molar refractivity (Wildman–Crippen MR) is 25.2 cm³/mol. The first kappa shape index (κ1) is 13.9. The Morgan fingerprint density at radius 2 is 1.10 bits per heavy atom. The van der Waals surface area contributed by atoms with Gasteiger partial charge in [-0.1, -0.05) is 0 Å². The monoisotopic (exact) mass is 416 g/mol. The normalized spacial score (nSPS) is 12.4. The third-order valence-corrected chi connectivity index (χ3v) is 1.91. The second-order valence-electron chi connectivity index (χ2n) is 1.06. The van der Waals surface area contributed by atoms with Crippen molar-refractivity contribution in [3.8, 4) is 0 Å². The van der Waals surface area contributed by atoms with E-state index in [4.69, 9.17) is 19.6 Å². The zero-order valence-electron chi connectivity index (χ0n) is 4.41. The van der Waals surface area contributed by atoms with Crippen LogP contribution in [0.1, 0.15) is 0 Å². The van der Waals surface area contributed by atoms with E-state index in [2.05, 4.69) is 4.31 Å². The Hall–Kier alpha value is 1.31. The van der Waals surface area contributed by atoms with Crippen molar-refractivity contribution < 1.29 is 64.1 Å². The van der Waals surface area contributed by atoms with Crippen LogP contribution >= 0.6 is 15.6 Å². The van der Waals surface area contributed by atoms with Gasteiger partial charge in [-0.2, -0.15) is 4.31 Å². The Labute approximate surface area is 79.6 Å². The third kappa shape index (κ3) is 12.0. The first-order chi connectivity index (χ1) is 3.71. The molecule has 0 bridgehead atoms. The van der Waals surface area contributed by atoms with Gasteiger partial charge in [0.25, 0.3) is 0 Å². The molecule has 0 atom stereocenters. The molecule has 0 saturated heterocycles. The Morgan fingerprint density at radius 3 is 1.10 bits per heavy atom. The van der Waals surface area contributed by atoms with Crippen LogP contribution in [0.4, 0.5) is 0 Å². The second-order valence-corrected chi connectivity index (χ2v) is 3.68. The van der Waals surface area contributed by atoms with Crippen LogP contribution in [0.5, 0.6) is 0 Å². The summed E-state index contributed by atoms with van der Waals surface area (Å²) in [4.78, 5) is 31.0. The zero-order valence-corrected chi connectivity index (χ0v) is 10.4. The minimum Gasteiger partial charge on any atom is -0.302 e. The van der Waals surface area contributed by atoms with Gasteiger partial charge in [-0.15, -0.1) is 0 Å². The van der Waals surface area contributed by atoms with Crippen LogP contribution in [0.25, 0.3) is 0 Å². The van der Waals surface area contributed by atoms with Crippen LogP contribution in [0, 0.1) is 31.1 Å². The first-order valence-corrected chi connectivity index (χ1v) is 4.59. The average Bonchev–Trinajstić information content (AvgIpc) is 1.14. The van der Waals surface area contributed by atoms with Gasteiger partial charge >= 0.3 is 15.6 Å². The van der Waals surface area contributed by atoms with Crippen molar-refractivity contribution in [2.75, 3.05) is 0 Å². The predicted octanol–water partition coefficient (Wildman–Crippen LogP) is -0.812. The molecule has 7 nitrogen and oxygen atoms in total. The van der Waals surface area contributed by atoms with Crippen molar-refractivity contribution >= 4 is 15.6 Å². The zero-order chi connectivity index (χ0) is 7.71. The maximum Gasteiger partial charge on any atom is 0.478 e. The van der Waals surface area contributed by atoms with Gasteiger partial charge in [-0.25, -0.2) is 9.13 Å². The van der Waals surface area contributed by atoms with Gasteiger partial charge in [-0.05, 0) is 0 Å². The van der Waals surface area contributed by atoms with Crippen molar-refractivity contribution in [2.24, 2.45) is 0 Å². The van der Waals surface area contributed by atoms with Crippen molar-refractivity contribution in [1.82, 2.24) is 0 Å². The summed E-state index contributed by atoms with van der Waals surface area (Å²) >= 11 is 0. The summed E-state index contributed by atoms with van der Waals surface area (Å²) in [6, 6.07) is 0. The van der Waals surface area contributed by atoms with Crippen LogP contribution < -0.4 is 0 Å². The largest absolute Gasteiger partial charge is 0.478 e. The van der Waals surface area contributed by atoms with E-state index in [9.17, 15) is 9.13 Å². The van der Waals surface area contributed by atoms with E-state index in [0.29, 0.717) is 0 Å². The molecule has 0 amide bonds. The van der Waals surface area contributed by atoms with Crippen LogP contribution in [-0.4, -0.2) is 19.6 Å². The van der Waals surface area contributed by atoms with E-state index in [0.717, 1.165) is 0 Å². The van der Waals surface area contributed by atoms with E-state index in [-0.39, 0.29) is 31.1 Å². The molecule has 0 heterocycles. The summed E-state index contributed by atoms with van der Waals surface area (Å²) in [5.41, 5.74) is 0. The quantitative estimate of drug-likeness (QED) is 0.434. The number of hydrogen-bond donors (Lipinski definition) is 4. The molecule has 4 N–H and O–H groups in total. The summed E-state index contributed by atoms with van der Waals surface area (Å²) in [7, 11) is -10.1. The molecule has 0 radical (unpaired) electrons. The van der Waals surface area contributed by atoms with Crippen molar-refractivity contribution in [3.63, 3.8) is 0 Å². The second kappa shape index (κ2) is 4.37. The van der Waals surface area contributed by atoms with Gasteiger partial charge in [0.05, 0.1) is 0 Å². The summed E-state index contributed by atoms with van der Waals surface area (Å²) in [6.45, 7) is 0. The molecule has 0 aromatic rings. The Balaban J connectivity index is 0. The molecular weight excluding hydrogens is 412 g/mol. The first-order valence-electron chi connectivity index (χ1n) is 1.53. The van der Waals surface area contributed by atoms with Gasteiger partial charge in [0.15, 0.2) is 0 Å². The maximum atomic E-state index is 9.63. The molecule has 0 spiro atoms. The molecule has 0 fully saturated rings. The molecule has 0 aromatic heterocycles. The molecule has 0 aromatic carbocycles. The maximum absolute atomic E-state index is 9.63. The average molecular weight is 416 g/mol. The molecule has 0 aliphatic heterocycles. The van der Waals surface area contributed by atoms with Gasteiger partial charge < -0.3 is 19.6 Å². The Kier molecular flexibility index (Phi) is 6.06. The SMILES string of the molecule is O=P(O)(O)OP(=O)(O)O.[U]. The Morgan fingerprint density at radius 1 is 0.900 bits per heavy atom. The Bertz CT molecular complexity index is 152. The molecule has 0 aliphatic carbocycles. The van der Waals surface area contributed by atoms with E-state index < -0.39 is 15.6 Å². The van der Waals surface area contributed by atoms with Crippen molar-refractivity contribution in [1.29, 1.82) is 0 Å². The van der Waals surface area contributed by atoms with Gasteiger partial charge in [0, 0.05) is 31.1 Å². The fourth-order valence-electron chi connectivity index (χ4n) is 0.139. The van der Waals surface area contributed by atoms with Crippen molar-refractivity contribution in [2.45, 2.75) is 0 Å². The molecular formula is H4O7P2U. The standard InChI is InChI=1S/H4O7P2.U/c1-8(2,3)7-9(4,5)6;/h(H2,1,2,3)(H2,4,5,6);. The van der Waals surface area contributed by atoms with Crippen LogP contribution in [-0.2, 0) is 13.4 Å². The van der Waals surface area contributed by atoms with E-state index in [1.807, 2.05) is 0 Å². The summed E-state index contributed by atoms with van der Waals surface area (Å²) in [5.74, 6) is 0. The number of phosphoric acid groups is 2. The van der Waals surface area contributed by atoms with Gasteiger partial charge in [0.1, 0.15) is 0 Å². The molecule has 60 valence electrons. The minimum atomic E-state index is -5.05. The molecule has 0 unspecified atom stereocenters. The summed E-state index contributed by atoms with van der Waals surface area (Å²) < 4.78 is 22.2. The summed E-state index contributed by atoms with van der Waals surface area (Å²) in [5, 5.41) is 0. The fourth-order valence-corrected chi connectivity index (χ4v) is 1.25. The van der Waals surface area contributed by atoms with Gasteiger partial charge in [-0.3, -0.25) is 0 Å². The summed E-state index contributed by atoms with van der Waals surface area (Å²) in [6.07, 6.45) is 0. The molecule has 0 saturated carbocycles. The van der Waals surface area contributed by atoms with Gasteiger partial charge in [0.2, 0.25) is 0 Å². The van der Waals surface area contributed by atoms with Crippen LogP contribution in [0.15, 0.2) is 0 Å². The number of rotatable bonds is 2. The molecule has 10 heavy (non-hydrogen) atoms. The van der Waals surface area contributed by atoms with Crippen LogP contribution in [0.3, 0.4) is 0 Å².